The third-order valence-electron chi connectivity index (χ3n) is 12.6. The first kappa shape index (κ1) is 34.9. The van der Waals surface area contributed by atoms with E-state index in [0.717, 1.165) is 68.2 Å². The molecule has 9 aromatic rings. The smallest absolute Gasteiger partial charge is 0.264 e. The number of nitrogens with zero attached hydrogens (tertiary/aromatic N) is 3. The van der Waals surface area contributed by atoms with Crippen LogP contribution >= 0.6 is 0 Å². The number of hydrogen-bond donors (Lipinski definition) is 0. The van der Waals surface area contributed by atoms with Gasteiger partial charge in [0, 0.05) is 38.6 Å². The molecule has 0 bridgehead atoms. The first-order valence-electron chi connectivity index (χ1n) is 20.2. The molecule has 2 heterocycles. The molecule has 1 aliphatic carbocycles. The van der Waals surface area contributed by atoms with E-state index in [-0.39, 0.29) is 16.4 Å². The Morgan fingerprint density at radius 2 is 1.30 bits per heavy atom. The summed E-state index contributed by atoms with van der Waals surface area (Å²) in [6.07, 6.45) is 6.44. The van der Waals surface area contributed by atoms with E-state index in [9.17, 15) is 4.79 Å². The van der Waals surface area contributed by atoms with Gasteiger partial charge in [-0.05, 0) is 117 Å². The Hall–Kier alpha value is -6.52. The van der Waals surface area contributed by atoms with E-state index in [1.54, 1.807) is 4.40 Å². The van der Waals surface area contributed by atoms with Crippen molar-refractivity contribution < 1.29 is 0 Å². The normalized spacial score (nSPS) is 13.6. The van der Waals surface area contributed by atoms with Crippen LogP contribution in [-0.4, -0.2) is 9.38 Å². The van der Waals surface area contributed by atoms with Gasteiger partial charge in [0.1, 0.15) is 5.65 Å². The van der Waals surface area contributed by atoms with Crippen LogP contribution in [0.1, 0.15) is 75.3 Å². The number of pyridine rings is 1. The van der Waals surface area contributed by atoms with Crippen LogP contribution in [0, 0.1) is 0 Å². The molecule has 0 saturated carbocycles. The van der Waals surface area contributed by atoms with Crippen LogP contribution in [0.15, 0.2) is 150 Å². The summed E-state index contributed by atoms with van der Waals surface area (Å²) in [6, 6.07) is 52.1. The summed E-state index contributed by atoms with van der Waals surface area (Å²) in [5.41, 5.74) is 14.6. The van der Waals surface area contributed by atoms with Gasteiger partial charge in [-0.2, -0.15) is 0 Å². The van der Waals surface area contributed by atoms with E-state index in [1.165, 1.54) is 27.8 Å². The predicted molar refractivity (Wildman–Crippen MR) is 241 cm³/mol. The Morgan fingerprint density at radius 3 is 1.98 bits per heavy atom. The number of benzene rings is 7. The SMILES string of the molecule is CCC1(CC)c2cc(/C=C/c3ccc4c(=O)n5c6ccc(C(C)(C)C)cc6nc5c5cccc3c45)ccc2-c2ccc(N(c3ccccc3)c3ccccc3)cc21. The molecule has 10 rings (SSSR count). The highest BCUT2D eigenvalue weighted by Crippen LogP contribution is 2.54. The molecule has 7 aromatic carbocycles. The Labute approximate surface area is 333 Å². The minimum absolute atomic E-state index is 0.0134. The van der Waals surface area contributed by atoms with Gasteiger partial charge in [0.25, 0.3) is 5.56 Å². The van der Waals surface area contributed by atoms with Crippen molar-refractivity contribution in [2.75, 3.05) is 4.90 Å². The van der Waals surface area contributed by atoms with Crippen molar-refractivity contribution in [3.63, 3.8) is 0 Å². The van der Waals surface area contributed by atoms with Crippen LogP contribution in [0.4, 0.5) is 17.1 Å². The van der Waals surface area contributed by atoms with E-state index in [4.69, 9.17) is 4.98 Å². The number of aromatic nitrogens is 2. The summed E-state index contributed by atoms with van der Waals surface area (Å²) in [6.45, 7) is 11.3. The third-order valence-corrected chi connectivity index (χ3v) is 12.6. The molecule has 0 unspecified atom stereocenters. The van der Waals surface area contributed by atoms with Crippen molar-refractivity contribution in [1.29, 1.82) is 0 Å². The van der Waals surface area contributed by atoms with Crippen molar-refractivity contribution >= 4 is 67.4 Å². The molecule has 57 heavy (non-hydrogen) atoms. The number of imidazole rings is 1. The van der Waals surface area contributed by atoms with Crippen LogP contribution in [-0.2, 0) is 10.8 Å². The molecule has 2 aromatic heterocycles. The lowest BCUT2D eigenvalue weighted by molar-refractivity contribution is 0.490. The molecule has 0 fully saturated rings. The Morgan fingerprint density at radius 1 is 0.632 bits per heavy atom. The summed E-state index contributed by atoms with van der Waals surface area (Å²) in [5.74, 6) is 0. The van der Waals surface area contributed by atoms with E-state index in [0.29, 0.717) is 11.0 Å². The molecular formula is C53H45N3O. The van der Waals surface area contributed by atoms with Gasteiger partial charge >= 0.3 is 0 Å². The van der Waals surface area contributed by atoms with Crippen LogP contribution in [0.2, 0.25) is 0 Å². The van der Waals surface area contributed by atoms with Gasteiger partial charge < -0.3 is 4.90 Å². The topological polar surface area (TPSA) is 37.6 Å². The van der Waals surface area contributed by atoms with Crippen LogP contribution in [0.25, 0.3) is 61.5 Å². The van der Waals surface area contributed by atoms with E-state index < -0.39 is 0 Å². The second-order valence-corrected chi connectivity index (χ2v) is 16.6. The highest BCUT2D eigenvalue weighted by molar-refractivity contribution is 6.17. The minimum atomic E-state index is -0.108. The number of para-hydroxylation sites is 2. The maximum atomic E-state index is 14.2. The predicted octanol–water partition coefficient (Wildman–Crippen LogP) is 13.6. The monoisotopic (exact) mass is 739 g/mol. The van der Waals surface area contributed by atoms with Gasteiger partial charge in [0.2, 0.25) is 0 Å². The lowest BCUT2D eigenvalue weighted by Crippen LogP contribution is -2.23. The molecule has 4 nitrogen and oxygen atoms in total. The van der Waals surface area contributed by atoms with E-state index in [2.05, 4.69) is 191 Å². The zero-order chi connectivity index (χ0) is 39.1. The molecule has 278 valence electrons. The van der Waals surface area contributed by atoms with Crippen molar-refractivity contribution in [2.45, 2.75) is 58.3 Å². The summed E-state index contributed by atoms with van der Waals surface area (Å²) in [5, 5.41) is 3.74. The minimum Gasteiger partial charge on any atom is -0.310 e. The summed E-state index contributed by atoms with van der Waals surface area (Å²) in [7, 11) is 0. The van der Waals surface area contributed by atoms with E-state index in [1.807, 2.05) is 6.07 Å². The fourth-order valence-electron chi connectivity index (χ4n) is 9.54. The van der Waals surface area contributed by atoms with Gasteiger partial charge in [-0.25, -0.2) is 4.98 Å². The number of anilines is 3. The number of rotatable bonds is 7. The Balaban J connectivity index is 1.05. The first-order valence-corrected chi connectivity index (χ1v) is 20.2. The number of fused-ring (bicyclic) bond motifs is 7. The molecule has 0 spiro atoms. The molecule has 0 aliphatic heterocycles. The second-order valence-electron chi connectivity index (χ2n) is 16.6. The van der Waals surface area contributed by atoms with Gasteiger partial charge in [-0.15, -0.1) is 0 Å². The highest BCUT2D eigenvalue weighted by Gasteiger charge is 2.41. The van der Waals surface area contributed by atoms with Gasteiger partial charge in [0.05, 0.1) is 11.0 Å². The summed E-state index contributed by atoms with van der Waals surface area (Å²) < 4.78 is 1.80. The quantitative estimate of drug-likeness (QED) is 0.153. The average molecular weight is 740 g/mol. The van der Waals surface area contributed by atoms with Crippen molar-refractivity contribution in [3.05, 3.63) is 184 Å². The maximum Gasteiger partial charge on any atom is 0.264 e. The fraction of sp³-hybridized carbons (Fsp3) is 0.170. The summed E-state index contributed by atoms with van der Waals surface area (Å²) >= 11 is 0. The third kappa shape index (κ3) is 5.34. The molecule has 1 aliphatic rings. The molecule has 0 atom stereocenters. The molecule has 4 heteroatoms. The van der Waals surface area contributed by atoms with Gasteiger partial charge in [0.15, 0.2) is 0 Å². The molecule has 0 N–H and O–H groups in total. The lowest BCUT2D eigenvalue weighted by atomic mass is 9.73. The zero-order valence-corrected chi connectivity index (χ0v) is 33.2. The van der Waals surface area contributed by atoms with Crippen molar-refractivity contribution in [1.82, 2.24) is 9.38 Å². The maximum absolute atomic E-state index is 14.2. The molecule has 0 radical (unpaired) electrons. The Bertz CT molecular complexity index is 3050. The number of hydrogen-bond acceptors (Lipinski definition) is 3. The standard InChI is InChI=1S/C53H45N3O/c1-6-53(7-2)45-31-34(22-27-41(45)42-29-26-39(33-46(42)53)55(37-15-10-8-11-16-37)38-17-12-9-13-18-38)21-23-35-24-28-44-49-40(35)19-14-20-43(49)50-54-47-32-36(52(3,4)5)25-30-48(47)56(50)51(44)57/h8-33H,6-7H2,1-5H3/b23-21+. The largest absolute Gasteiger partial charge is 0.310 e. The second kappa shape index (κ2) is 13.0. The Kier molecular flexibility index (Phi) is 7.98. The van der Waals surface area contributed by atoms with Crippen molar-refractivity contribution in [3.8, 4) is 11.1 Å². The lowest BCUT2D eigenvalue weighted by Gasteiger charge is -2.32. The van der Waals surface area contributed by atoms with Crippen LogP contribution in [0.3, 0.4) is 0 Å². The van der Waals surface area contributed by atoms with Crippen LogP contribution in [0.5, 0.6) is 0 Å². The van der Waals surface area contributed by atoms with Crippen molar-refractivity contribution in [2.24, 2.45) is 0 Å². The first-order chi connectivity index (χ1) is 27.7. The van der Waals surface area contributed by atoms with Crippen LogP contribution < -0.4 is 10.5 Å². The molecule has 0 saturated heterocycles. The average Bonchev–Trinajstić information content (AvgIpc) is 3.76. The van der Waals surface area contributed by atoms with E-state index >= 15 is 0 Å². The van der Waals surface area contributed by atoms with Gasteiger partial charge in [-0.1, -0.05) is 138 Å². The molecular weight excluding hydrogens is 695 g/mol. The highest BCUT2D eigenvalue weighted by atomic mass is 16.1. The summed E-state index contributed by atoms with van der Waals surface area (Å²) in [4.78, 5) is 21.6. The fourth-order valence-corrected chi connectivity index (χ4v) is 9.54. The molecule has 0 amide bonds. The van der Waals surface area contributed by atoms with Gasteiger partial charge in [-0.3, -0.25) is 9.20 Å². The zero-order valence-electron chi connectivity index (χ0n) is 33.2.